The van der Waals surface area contributed by atoms with Crippen LogP contribution < -0.4 is 10.6 Å². The zero-order valence-corrected chi connectivity index (χ0v) is 14.5. The molecule has 1 aliphatic carbocycles. The topological polar surface area (TPSA) is 49.3 Å². The van der Waals surface area contributed by atoms with Crippen LogP contribution in [0, 0.1) is 6.92 Å². The summed E-state index contributed by atoms with van der Waals surface area (Å²) in [6.45, 7) is 2.90. The third-order valence-corrected chi connectivity index (χ3v) is 3.73. The minimum Gasteiger partial charge on any atom is -0.356 e. The van der Waals surface area contributed by atoms with Gasteiger partial charge in [-0.1, -0.05) is 12.2 Å². The van der Waals surface area contributed by atoms with E-state index >= 15 is 0 Å². The predicted molar refractivity (Wildman–Crippen MR) is 92.6 cm³/mol. The molecule has 19 heavy (non-hydrogen) atoms. The van der Waals surface area contributed by atoms with Crippen LogP contribution in [0.4, 0.5) is 0 Å². The number of hydrogen-bond donors (Lipinski definition) is 2. The summed E-state index contributed by atoms with van der Waals surface area (Å²) in [5, 5.41) is 9.99. The molecule has 2 N–H and O–H groups in total. The van der Waals surface area contributed by atoms with Gasteiger partial charge < -0.3 is 10.6 Å². The Morgan fingerprint density at radius 3 is 2.79 bits per heavy atom. The number of halogens is 1. The molecule has 6 heteroatoms. The van der Waals surface area contributed by atoms with Crippen LogP contribution in [0.3, 0.4) is 0 Å². The molecule has 0 amide bonds. The van der Waals surface area contributed by atoms with E-state index in [-0.39, 0.29) is 24.0 Å². The highest BCUT2D eigenvalue weighted by atomic mass is 127. The highest BCUT2D eigenvalue weighted by molar-refractivity contribution is 14.0. The summed E-state index contributed by atoms with van der Waals surface area (Å²) in [4.78, 5) is 8.68. The van der Waals surface area contributed by atoms with Gasteiger partial charge in [0.15, 0.2) is 5.96 Å². The largest absolute Gasteiger partial charge is 0.356 e. The fourth-order valence-electron chi connectivity index (χ4n) is 1.96. The molecule has 0 radical (unpaired) electrons. The smallest absolute Gasteiger partial charge is 0.191 e. The number of guanidine groups is 1. The first-order valence-corrected chi connectivity index (χ1v) is 7.19. The Labute approximate surface area is 135 Å². The van der Waals surface area contributed by atoms with Gasteiger partial charge in [0.25, 0.3) is 0 Å². The number of aliphatic imine (C=N–C) groups is 1. The molecule has 0 aliphatic heterocycles. The molecule has 0 bridgehead atoms. The summed E-state index contributed by atoms with van der Waals surface area (Å²) in [6, 6.07) is 0.498. The van der Waals surface area contributed by atoms with Crippen molar-refractivity contribution in [3.8, 4) is 0 Å². The summed E-state index contributed by atoms with van der Waals surface area (Å²) < 4.78 is 0. The van der Waals surface area contributed by atoms with Crippen molar-refractivity contribution in [2.24, 2.45) is 4.99 Å². The highest BCUT2D eigenvalue weighted by Crippen LogP contribution is 2.09. The lowest BCUT2D eigenvalue weighted by Gasteiger charge is -2.16. The van der Waals surface area contributed by atoms with E-state index in [1.54, 1.807) is 11.3 Å². The van der Waals surface area contributed by atoms with Crippen LogP contribution in [-0.2, 0) is 6.42 Å². The molecule has 0 spiro atoms. The summed E-state index contributed by atoms with van der Waals surface area (Å²) in [6.07, 6.45) is 7.54. The van der Waals surface area contributed by atoms with Gasteiger partial charge in [-0.2, -0.15) is 0 Å². The fourth-order valence-corrected chi connectivity index (χ4v) is 2.60. The van der Waals surface area contributed by atoms with Gasteiger partial charge in [-0.25, -0.2) is 4.98 Å². The molecule has 1 heterocycles. The molecule has 2 rings (SSSR count). The number of nitrogens with zero attached hydrogens (tertiary/aromatic N) is 2. The molecular weight excluding hydrogens is 371 g/mol. The quantitative estimate of drug-likeness (QED) is 0.358. The first kappa shape index (κ1) is 16.4. The number of aryl methyl sites for hydroxylation is 1. The number of aromatic nitrogens is 1. The fraction of sp³-hybridized carbons (Fsp3) is 0.538. The molecule has 1 aromatic heterocycles. The van der Waals surface area contributed by atoms with Gasteiger partial charge in [-0.05, 0) is 19.8 Å². The van der Waals surface area contributed by atoms with E-state index < -0.39 is 0 Å². The minimum atomic E-state index is 0. The van der Waals surface area contributed by atoms with E-state index in [1.807, 2.05) is 14.0 Å². The van der Waals surface area contributed by atoms with Crippen LogP contribution in [0.25, 0.3) is 0 Å². The molecule has 1 aliphatic rings. The summed E-state index contributed by atoms with van der Waals surface area (Å²) in [7, 11) is 1.81. The zero-order chi connectivity index (χ0) is 12.8. The Balaban J connectivity index is 0.00000180. The number of rotatable bonds is 4. The molecule has 0 saturated heterocycles. The van der Waals surface area contributed by atoms with E-state index in [4.69, 9.17) is 0 Å². The molecule has 0 fully saturated rings. The first-order valence-electron chi connectivity index (χ1n) is 6.31. The van der Waals surface area contributed by atoms with E-state index in [1.165, 1.54) is 0 Å². The van der Waals surface area contributed by atoms with Crippen LogP contribution in [0.5, 0.6) is 0 Å². The lowest BCUT2D eigenvalue weighted by molar-refractivity contribution is 0.632. The molecule has 0 unspecified atom stereocenters. The summed E-state index contributed by atoms with van der Waals surface area (Å²) in [5.74, 6) is 0.885. The number of nitrogens with one attached hydrogen (secondary N) is 2. The van der Waals surface area contributed by atoms with E-state index in [0.717, 1.165) is 42.5 Å². The van der Waals surface area contributed by atoms with Gasteiger partial charge in [0.1, 0.15) is 0 Å². The molecule has 1 aromatic rings. The van der Waals surface area contributed by atoms with Crippen molar-refractivity contribution in [2.75, 3.05) is 13.6 Å². The van der Waals surface area contributed by atoms with E-state index in [0.29, 0.717) is 6.04 Å². The van der Waals surface area contributed by atoms with Crippen molar-refractivity contribution in [3.05, 3.63) is 28.2 Å². The van der Waals surface area contributed by atoms with Crippen molar-refractivity contribution < 1.29 is 0 Å². The maximum atomic E-state index is 4.44. The SMILES string of the molecule is CN=C(NCCc1csc(C)n1)NC1CC=CC1.I. The van der Waals surface area contributed by atoms with Crippen LogP contribution in [-0.4, -0.2) is 30.6 Å². The van der Waals surface area contributed by atoms with Gasteiger partial charge in [-0.15, -0.1) is 35.3 Å². The van der Waals surface area contributed by atoms with E-state index in [2.05, 4.69) is 38.1 Å². The third kappa shape index (κ3) is 5.48. The lowest BCUT2D eigenvalue weighted by Crippen LogP contribution is -2.43. The number of hydrogen-bond acceptors (Lipinski definition) is 3. The van der Waals surface area contributed by atoms with Crippen molar-refractivity contribution in [3.63, 3.8) is 0 Å². The van der Waals surface area contributed by atoms with Gasteiger partial charge in [-0.3, -0.25) is 4.99 Å². The van der Waals surface area contributed by atoms with Gasteiger partial charge in [0.2, 0.25) is 0 Å². The Morgan fingerprint density at radius 2 is 2.21 bits per heavy atom. The summed E-state index contributed by atoms with van der Waals surface area (Å²) in [5.41, 5.74) is 1.16. The Morgan fingerprint density at radius 1 is 1.47 bits per heavy atom. The van der Waals surface area contributed by atoms with Crippen molar-refractivity contribution in [1.82, 2.24) is 15.6 Å². The molecule has 106 valence electrons. The second-order valence-electron chi connectivity index (χ2n) is 4.39. The average Bonchev–Trinajstić information content (AvgIpc) is 3.00. The molecule has 0 aromatic carbocycles. The van der Waals surface area contributed by atoms with E-state index in [9.17, 15) is 0 Å². The second-order valence-corrected chi connectivity index (χ2v) is 5.45. The molecular formula is C13H21IN4S. The first-order chi connectivity index (χ1) is 8.78. The van der Waals surface area contributed by atoms with Crippen molar-refractivity contribution in [2.45, 2.75) is 32.2 Å². The normalized spacial score (nSPS) is 15.4. The standard InChI is InChI=1S/C13H20N4S.HI/c1-10-16-12(9-18-10)7-8-15-13(14-2)17-11-5-3-4-6-11;/h3-4,9,11H,5-8H2,1-2H3,(H2,14,15,17);1H. The third-order valence-electron chi connectivity index (χ3n) is 2.91. The zero-order valence-electron chi connectivity index (χ0n) is 11.3. The Hall–Kier alpha value is -0.630. The molecule has 4 nitrogen and oxygen atoms in total. The van der Waals surface area contributed by atoms with Gasteiger partial charge in [0, 0.05) is 31.4 Å². The molecule has 0 saturated carbocycles. The molecule has 0 atom stereocenters. The van der Waals surface area contributed by atoms with Gasteiger partial charge >= 0.3 is 0 Å². The predicted octanol–water partition coefficient (Wildman–Crippen LogP) is 2.50. The van der Waals surface area contributed by atoms with Crippen LogP contribution in [0.1, 0.15) is 23.5 Å². The summed E-state index contributed by atoms with van der Waals surface area (Å²) >= 11 is 1.70. The average molecular weight is 392 g/mol. The lowest BCUT2D eigenvalue weighted by atomic mass is 10.2. The monoisotopic (exact) mass is 392 g/mol. The van der Waals surface area contributed by atoms with Gasteiger partial charge in [0.05, 0.1) is 10.7 Å². The Bertz CT molecular complexity index is 434. The highest BCUT2D eigenvalue weighted by Gasteiger charge is 2.11. The maximum absolute atomic E-state index is 4.44. The second kappa shape index (κ2) is 8.52. The Kier molecular flexibility index (Phi) is 7.37. The number of thiazole rings is 1. The van der Waals surface area contributed by atoms with Crippen LogP contribution >= 0.6 is 35.3 Å². The maximum Gasteiger partial charge on any atom is 0.191 e. The van der Waals surface area contributed by atoms with Crippen molar-refractivity contribution >= 4 is 41.3 Å². The van der Waals surface area contributed by atoms with Crippen molar-refractivity contribution in [1.29, 1.82) is 0 Å². The van der Waals surface area contributed by atoms with Crippen LogP contribution in [0.2, 0.25) is 0 Å². The van der Waals surface area contributed by atoms with Crippen LogP contribution in [0.15, 0.2) is 22.5 Å². The minimum absolute atomic E-state index is 0.